The van der Waals surface area contributed by atoms with Crippen LogP contribution in [0.1, 0.15) is 0 Å². The summed E-state index contributed by atoms with van der Waals surface area (Å²) in [5, 5.41) is 5.54. The number of para-hydroxylation sites is 1. The van der Waals surface area contributed by atoms with Gasteiger partial charge in [-0.3, -0.25) is 0 Å². The van der Waals surface area contributed by atoms with Crippen LogP contribution in [0.4, 0.5) is 0 Å². The summed E-state index contributed by atoms with van der Waals surface area (Å²) < 4.78 is 0. The molecule has 0 saturated heterocycles. The van der Waals surface area contributed by atoms with Crippen molar-refractivity contribution in [1.82, 2.24) is 4.98 Å². The van der Waals surface area contributed by atoms with Gasteiger partial charge in [0, 0.05) is 0 Å². The number of halogens is 2. The fraction of sp³-hybridized carbons (Fsp3) is 0.105. The zero-order valence-electron chi connectivity index (χ0n) is 13.6. The SMILES string of the molecule is C[Si](C)c1cc2ccccc2[cH-]1.[Cl-].[Cl-].[Zr+4].[c-]1cc2ccccc2[nH]1. The van der Waals surface area contributed by atoms with Gasteiger partial charge in [-0.05, 0) is 0 Å². The quantitative estimate of drug-likeness (QED) is 0.268. The summed E-state index contributed by atoms with van der Waals surface area (Å²) in [5.74, 6) is 0. The van der Waals surface area contributed by atoms with E-state index in [1.165, 1.54) is 16.2 Å². The maximum Gasteiger partial charge on any atom is 4.00 e. The monoisotopic (exact) mass is 448 g/mol. The minimum absolute atomic E-state index is 0. The molecule has 0 spiro atoms. The number of fused-ring (bicyclic) bond motifs is 2. The third-order valence-corrected chi connectivity index (χ3v) is 5.03. The van der Waals surface area contributed by atoms with Gasteiger partial charge < -0.3 is 29.8 Å². The second-order valence-electron chi connectivity index (χ2n) is 5.37. The zero-order valence-corrected chi connectivity index (χ0v) is 18.6. The van der Waals surface area contributed by atoms with Crippen LogP contribution in [0.2, 0.25) is 13.1 Å². The van der Waals surface area contributed by atoms with Crippen LogP contribution in [-0.2, 0) is 26.2 Å². The Morgan fingerprint density at radius 1 is 0.917 bits per heavy atom. The molecule has 0 fully saturated rings. The van der Waals surface area contributed by atoms with Crippen LogP contribution in [-0.4, -0.2) is 13.8 Å². The molecule has 0 aliphatic heterocycles. The average molecular weight is 451 g/mol. The number of hydrogen-bond donors (Lipinski definition) is 1. The van der Waals surface area contributed by atoms with Crippen molar-refractivity contribution < 1.29 is 51.0 Å². The molecule has 1 heterocycles. The molecule has 0 aliphatic carbocycles. The van der Waals surface area contributed by atoms with Crippen molar-refractivity contribution in [3.63, 3.8) is 0 Å². The predicted octanol–water partition coefficient (Wildman–Crippen LogP) is -1.51. The first-order valence-electron chi connectivity index (χ1n) is 7.14. The summed E-state index contributed by atoms with van der Waals surface area (Å²) in [7, 11) is -0.273. The number of aromatic nitrogens is 1. The molecule has 4 rings (SSSR count). The molecule has 0 aliphatic rings. The first-order valence-corrected chi connectivity index (χ1v) is 9.64. The summed E-state index contributed by atoms with van der Waals surface area (Å²) in [6.45, 7) is 4.66. The van der Waals surface area contributed by atoms with Gasteiger partial charge in [0.1, 0.15) is 0 Å². The molecule has 4 aromatic rings. The summed E-state index contributed by atoms with van der Waals surface area (Å²) >= 11 is 0. The second-order valence-corrected chi connectivity index (χ2v) is 7.95. The summed E-state index contributed by atoms with van der Waals surface area (Å²) in [4.78, 5) is 2.99. The molecule has 1 aromatic heterocycles. The fourth-order valence-electron chi connectivity index (χ4n) is 2.37. The first kappa shape index (κ1) is 23.3. The van der Waals surface area contributed by atoms with Crippen molar-refractivity contribution >= 4 is 35.7 Å². The Morgan fingerprint density at radius 2 is 1.54 bits per heavy atom. The van der Waals surface area contributed by atoms with Gasteiger partial charge in [-0.25, -0.2) is 0 Å². The third kappa shape index (κ3) is 5.67. The molecular weight excluding hydrogens is 432 g/mol. The van der Waals surface area contributed by atoms with E-state index < -0.39 is 0 Å². The van der Waals surface area contributed by atoms with Crippen molar-refractivity contribution in [2.24, 2.45) is 0 Å². The molecule has 1 radical (unpaired) electrons. The molecule has 0 amide bonds. The summed E-state index contributed by atoms with van der Waals surface area (Å²) in [5.41, 5.74) is 1.15. The molecule has 0 saturated carbocycles. The van der Waals surface area contributed by atoms with Crippen LogP contribution >= 0.6 is 0 Å². The van der Waals surface area contributed by atoms with Gasteiger partial charge in [0.05, 0.1) is 8.80 Å². The van der Waals surface area contributed by atoms with Gasteiger partial charge in [-0.15, -0.1) is 53.5 Å². The summed E-state index contributed by atoms with van der Waals surface area (Å²) in [6.07, 6.45) is 2.91. The van der Waals surface area contributed by atoms with Crippen molar-refractivity contribution in [1.29, 1.82) is 0 Å². The van der Waals surface area contributed by atoms with Crippen LogP contribution in [0.3, 0.4) is 0 Å². The molecule has 5 heteroatoms. The summed E-state index contributed by atoms with van der Waals surface area (Å²) in [6, 6.07) is 23.3. The van der Waals surface area contributed by atoms with Crippen molar-refractivity contribution in [2.75, 3.05) is 0 Å². The smallest absolute Gasteiger partial charge is 1.00 e. The Morgan fingerprint density at radius 3 is 2.17 bits per heavy atom. The van der Waals surface area contributed by atoms with Crippen LogP contribution in [0.25, 0.3) is 21.7 Å². The van der Waals surface area contributed by atoms with E-state index in [1.54, 1.807) is 5.19 Å². The zero-order chi connectivity index (χ0) is 14.7. The molecule has 24 heavy (non-hydrogen) atoms. The van der Waals surface area contributed by atoms with E-state index in [0.29, 0.717) is 0 Å². The molecule has 3 aromatic carbocycles. The van der Waals surface area contributed by atoms with Gasteiger partial charge >= 0.3 is 26.2 Å². The van der Waals surface area contributed by atoms with Crippen LogP contribution < -0.4 is 30.0 Å². The van der Waals surface area contributed by atoms with Crippen LogP contribution in [0.15, 0.2) is 66.7 Å². The van der Waals surface area contributed by atoms with Crippen LogP contribution in [0.5, 0.6) is 0 Å². The molecule has 1 nitrogen and oxygen atoms in total. The number of aromatic amines is 1. The minimum Gasteiger partial charge on any atom is -1.00 e. The van der Waals surface area contributed by atoms with Crippen LogP contribution in [0, 0.1) is 6.20 Å². The molecule has 121 valence electrons. The number of rotatable bonds is 1. The van der Waals surface area contributed by atoms with E-state index in [1.807, 2.05) is 24.3 Å². The number of hydrogen-bond acceptors (Lipinski definition) is 0. The van der Waals surface area contributed by atoms with Gasteiger partial charge in [-0.2, -0.15) is 28.1 Å². The standard InChI is InChI=1S/C11H12Si.C8H6N.2ClH.Zr/c1-12(2)11-7-9-5-3-4-6-10(9)8-11;1-2-4-8-7(3-1)5-6-9-8;;;/h3-8H,1-2H3;1-5,9H;2*1H;/q2*-1;;;+4/p-2. The van der Waals surface area contributed by atoms with Gasteiger partial charge in [0.2, 0.25) is 0 Å². The fourth-order valence-corrected chi connectivity index (χ4v) is 3.26. The number of benzene rings is 2. The normalized spacial score (nSPS) is 9.46. The molecule has 0 bridgehead atoms. The van der Waals surface area contributed by atoms with E-state index in [9.17, 15) is 0 Å². The minimum atomic E-state index is -0.273. The van der Waals surface area contributed by atoms with Crippen molar-refractivity contribution in [3.8, 4) is 0 Å². The maximum atomic E-state index is 2.99. The van der Waals surface area contributed by atoms with Gasteiger partial charge in [0.15, 0.2) is 0 Å². The Bertz CT molecular complexity index is 791. The largest absolute Gasteiger partial charge is 4.00 e. The van der Waals surface area contributed by atoms with Crippen molar-refractivity contribution in [3.05, 3.63) is 72.9 Å². The topological polar surface area (TPSA) is 15.8 Å². The second kappa shape index (κ2) is 11.0. The van der Waals surface area contributed by atoms with E-state index in [4.69, 9.17) is 0 Å². The maximum absolute atomic E-state index is 2.99. The van der Waals surface area contributed by atoms with E-state index in [-0.39, 0.29) is 59.8 Å². The van der Waals surface area contributed by atoms with Gasteiger partial charge in [-0.1, -0.05) is 31.3 Å². The Kier molecular flexibility index (Phi) is 10.7. The third-order valence-electron chi connectivity index (χ3n) is 3.59. The molecule has 0 unspecified atom stereocenters. The van der Waals surface area contributed by atoms with E-state index in [2.05, 4.69) is 66.7 Å². The number of H-pyrrole nitrogens is 1. The van der Waals surface area contributed by atoms with Crippen molar-refractivity contribution in [2.45, 2.75) is 13.1 Å². The Hall–Kier alpha value is -0.730. The van der Waals surface area contributed by atoms with E-state index in [0.717, 1.165) is 5.52 Å². The Labute approximate surface area is 176 Å². The van der Waals surface area contributed by atoms with E-state index >= 15 is 0 Å². The molecular formula is C19H18Cl2NSiZr. The Balaban J connectivity index is 0.000000402. The molecule has 0 atom stereocenters. The first-order chi connectivity index (χ1) is 10.2. The predicted molar refractivity (Wildman–Crippen MR) is 93.8 cm³/mol. The van der Waals surface area contributed by atoms with Gasteiger partial charge in [0.25, 0.3) is 0 Å². The number of nitrogens with one attached hydrogen (secondary N) is 1. The molecule has 1 N–H and O–H groups in total. The average Bonchev–Trinajstić information content (AvgIpc) is 3.14.